The van der Waals surface area contributed by atoms with Crippen LogP contribution in [0, 0.1) is 6.92 Å². The number of rotatable bonds is 6. The summed E-state index contributed by atoms with van der Waals surface area (Å²) in [5.41, 5.74) is 3.10. The van der Waals surface area contributed by atoms with Crippen LogP contribution in [0.15, 0.2) is 47.3 Å². The minimum atomic E-state index is -0.147. The third kappa shape index (κ3) is 4.13. The molecule has 3 heterocycles. The van der Waals surface area contributed by atoms with Crippen LogP contribution in [0.5, 0.6) is 0 Å². The van der Waals surface area contributed by atoms with Crippen molar-refractivity contribution in [3.63, 3.8) is 0 Å². The van der Waals surface area contributed by atoms with Gasteiger partial charge in [-0.3, -0.25) is 14.3 Å². The van der Waals surface area contributed by atoms with E-state index in [0.717, 1.165) is 42.9 Å². The molecule has 4 rings (SSSR count). The van der Waals surface area contributed by atoms with Gasteiger partial charge in [0.25, 0.3) is 5.91 Å². The molecule has 3 aromatic rings. The molecule has 0 fully saturated rings. The van der Waals surface area contributed by atoms with Gasteiger partial charge in [0.2, 0.25) is 0 Å². The number of nitrogens with zero attached hydrogens (tertiary/aromatic N) is 4. The van der Waals surface area contributed by atoms with E-state index in [1.165, 1.54) is 4.68 Å². The number of aromatic nitrogens is 4. The zero-order valence-electron chi connectivity index (χ0n) is 16.6. The molecule has 150 valence electrons. The number of aryl methyl sites for hydroxylation is 3. The minimum Gasteiger partial charge on any atom is -0.352 e. The summed E-state index contributed by atoms with van der Waals surface area (Å²) in [6, 6.07) is 13.6. The summed E-state index contributed by atoms with van der Waals surface area (Å²) < 4.78 is 3.29. The first-order valence-electron chi connectivity index (χ1n) is 10.1. The molecule has 0 aliphatic carbocycles. The quantitative estimate of drug-likeness (QED) is 0.655. The predicted octanol–water partition coefficient (Wildman–Crippen LogP) is 2.57. The lowest BCUT2D eigenvalue weighted by Gasteiger charge is -2.09. The Morgan fingerprint density at radius 2 is 1.97 bits per heavy atom. The van der Waals surface area contributed by atoms with Gasteiger partial charge in [-0.1, -0.05) is 30.3 Å². The van der Waals surface area contributed by atoms with Crippen LogP contribution < -0.4 is 11.0 Å². The molecule has 1 aliphatic heterocycles. The fourth-order valence-corrected chi connectivity index (χ4v) is 3.69. The van der Waals surface area contributed by atoms with E-state index >= 15 is 0 Å². The summed E-state index contributed by atoms with van der Waals surface area (Å²) in [6.45, 7) is 3.59. The Labute approximate surface area is 169 Å². The van der Waals surface area contributed by atoms with E-state index < -0.39 is 0 Å². The lowest BCUT2D eigenvalue weighted by Crippen LogP contribution is -2.29. The summed E-state index contributed by atoms with van der Waals surface area (Å²) in [7, 11) is 0. The van der Waals surface area contributed by atoms with Crippen LogP contribution in [0.25, 0.3) is 11.3 Å². The van der Waals surface area contributed by atoms with Gasteiger partial charge in [-0.25, -0.2) is 9.48 Å². The number of carbonyl (C=O) groups is 1. The summed E-state index contributed by atoms with van der Waals surface area (Å²) in [4.78, 5) is 29.4. The van der Waals surface area contributed by atoms with Crippen molar-refractivity contribution in [3.05, 3.63) is 70.0 Å². The third-order valence-corrected chi connectivity index (χ3v) is 5.26. The molecule has 0 spiro atoms. The van der Waals surface area contributed by atoms with Crippen LogP contribution in [0.2, 0.25) is 0 Å². The van der Waals surface area contributed by atoms with Gasteiger partial charge in [0.05, 0.1) is 17.0 Å². The molecule has 0 saturated heterocycles. The number of nitrogens with one attached hydrogen (secondary N) is 1. The van der Waals surface area contributed by atoms with Crippen molar-refractivity contribution in [2.24, 2.45) is 0 Å². The lowest BCUT2D eigenvalue weighted by molar-refractivity contribution is 0.0951. The molecule has 0 saturated carbocycles. The van der Waals surface area contributed by atoms with E-state index in [1.54, 1.807) is 4.57 Å². The smallest absolute Gasteiger partial charge is 0.345 e. The van der Waals surface area contributed by atoms with E-state index in [-0.39, 0.29) is 11.6 Å². The second kappa shape index (κ2) is 8.43. The highest BCUT2D eigenvalue weighted by Gasteiger charge is 2.16. The Hall–Kier alpha value is -3.22. The van der Waals surface area contributed by atoms with Crippen LogP contribution in [-0.4, -0.2) is 31.8 Å². The summed E-state index contributed by atoms with van der Waals surface area (Å²) in [5.74, 6) is 0.733. The van der Waals surface area contributed by atoms with Crippen molar-refractivity contribution < 1.29 is 4.79 Å². The predicted molar refractivity (Wildman–Crippen MR) is 111 cm³/mol. The fraction of sp³-hybridized carbons (Fsp3) is 0.364. The second-order valence-corrected chi connectivity index (χ2v) is 7.34. The summed E-state index contributed by atoms with van der Waals surface area (Å²) >= 11 is 0. The minimum absolute atomic E-state index is 0.0393. The molecule has 0 bridgehead atoms. The van der Waals surface area contributed by atoms with E-state index in [2.05, 4.69) is 15.4 Å². The van der Waals surface area contributed by atoms with E-state index in [1.807, 2.05) is 49.4 Å². The fourth-order valence-electron chi connectivity index (χ4n) is 3.69. The number of carbonyl (C=O) groups excluding carboxylic acids is 1. The Balaban J connectivity index is 1.33. The Morgan fingerprint density at radius 1 is 1.14 bits per heavy atom. The third-order valence-electron chi connectivity index (χ3n) is 5.26. The van der Waals surface area contributed by atoms with Crippen LogP contribution in [0.1, 0.15) is 41.1 Å². The van der Waals surface area contributed by atoms with E-state index in [0.29, 0.717) is 30.8 Å². The van der Waals surface area contributed by atoms with Crippen LogP contribution in [-0.2, 0) is 19.5 Å². The average Bonchev–Trinajstić information content (AvgIpc) is 3.07. The SMILES string of the molecule is Cc1nc(-c2ccccc2)ccc1C(=O)NCCCn1nc2n(c1=O)CCCC2. The van der Waals surface area contributed by atoms with E-state index in [4.69, 9.17) is 0 Å². The molecule has 1 N–H and O–H groups in total. The molecule has 1 aliphatic rings. The Bertz CT molecular complexity index is 1070. The van der Waals surface area contributed by atoms with Crippen molar-refractivity contribution in [2.75, 3.05) is 6.54 Å². The monoisotopic (exact) mass is 391 g/mol. The van der Waals surface area contributed by atoms with E-state index in [9.17, 15) is 9.59 Å². The molecule has 29 heavy (non-hydrogen) atoms. The second-order valence-electron chi connectivity index (χ2n) is 7.34. The van der Waals surface area contributed by atoms with Gasteiger partial charge in [-0.05, 0) is 38.3 Å². The zero-order chi connectivity index (χ0) is 20.2. The Morgan fingerprint density at radius 3 is 2.72 bits per heavy atom. The normalized spacial score (nSPS) is 13.1. The average molecular weight is 391 g/mol. The molecule has 0 unspecified atom stereocenters. The topological polar surface area (TPSA) is 81.8 Å². The number of amides is 1. The van der Waals surface area contributed by atoms with Crippen molar-refractivity contribution in [1.82, 2.24) is 24.6 Å². The molecule has 1 aromatic carbocycles. The van der Waals surface area contributed by atoms with Crippen molar-refractivity contribution in [1.29, 1.82) is 0 Å². The number of benzene rings is 1. The lowest BCUT2D eigenvalue weighted by atomic mass is 10.1. The maximum atomic E-state index is 12.5. The molecular formula is C22H25N5O2. The van der Waals surface area contributed by atoms with Crippen LogP contribution >= 0.6 is 0 Å². The van der Waals surface area contributed by atoms with Crippen LogP contribution in [0.3, 0.4) is 0 Å². The van der Waals surface area contributed by atoms with Crippen molar-refractivity contribution in [2.45, 2.75) is 45.7 Å². The highest BCUT2D eigenvalue weighted by atomic mass is 16.2. The standard InChI is InChI=1S/C22H25N5O2/c1-16-18(11-12-19(24-16)17-8-3-2-4-9-17)21(28)23-13-7-15-27-22(29)26-14-6-5-10-20(26)25-27/h2-4,8-9,11-12H,5-7,10,13-15H2,1H3,(H,23,28). The highest BCUT2D eigenvalue weighted by Crippen LogP contribution is 2.18. The molecule has 1 amide bonds. The molecule has 0 atom stereocenters. The first-order chi connectivity index (χ1) is 14.1. The first kappa shape index (κ1) is 19.1. The number of pyridine rings is 1. The molecule has 7 heteroatoms. The van der Waals surface area contributed by atoms with Gasteiger partial charge >= 0.3 is 5.69 Å². The number of fused-ring (bicyclic) bond motifs is 1. The van der Waals surface area contributed by atoms with Crippen molar-refractivity contribution in [3.8, 4) is 11.3 Å². The number of hydrogen-bond acceptors (Lipinski definition) is 4. The van der Waals surface area contributed by atoms with Gasteiger partial charge in [-0.15, -0.1) is 0 Å². The Kier molecular flexibility index (Phi) is 5.55. The maximum absolute atomic E-state index is 12.5. The molecule has 7 nitrogen and oxygen atoms in total. The van der Waals surface area contributed by atoms with Gasteiger partial charge in [0.15, 0.2) is 0 Å². The van der Waals surface area contributed by atoms with Gasteiger partial charge in [0, 0.05) is 31.6 Å². The highest BCUT2D eigenvalue weighted by molar-refractivity contribution is 5.95. The molecule has 2 aromatic heterocycles. The largest absolute Gasteiger partial charge is 0.352 e. The molecule has 0 radical (unpaired) electrons. The number of hydrogen-bond donors (Lipinski definition) is 1. The van der Waals surface area contributed by atoms with Gasteiger partial charge < -0.3 is 5.32 Å². The first-order valence-corrected chi connectivity index (χ1v) is 10.1. The molecular weight excluding hydrogens is 366 g/mol. The van der Waals surface area contributed by atoms with Gasteiger partial charge in [-0.2, -0.15) is 5.10 Å². The zero-order valence-corrected chi connectivity index (χ0v) is 16.6. The van der Waals surface area contributed by atoms with Crippen LogP contribution in [0.4, 0.5) is 0 Å². The van der Waals surface area contributed by atoms with Gasteiger partial charge in [0.1, 0.15) is 5.82 Å². The summed E-state index contributed by atoms with van der Waals surface area (Å²) in [6.07, 6.45) is 3.63. The maximum Gasteiger partial charge on any atom is 0.345 e. The van der Waals surface area contributed by atoms with Crippen molar-refractivity contribution >= 4 is 5.91 Å². The summed E-state index contributed by atoms with van der Waals surface area (Å²) in [5, 5.41) is 7.34.